The quantitative estimate of drug-likeness (QED) is 0.548. The van der Waals surface area contributed by atoms with Gasteiger partial charge in [-0.1, -0.05) is 50.0 Å². The molecule has 0 saturated carbocycles. The molecule has 1 saturated heterocycles. The molecule has 2 nitrogen and oxygen atoms in total. The Bertz CT molecular complexity index is 261. The van der Waals surface area contributed by atoms with E-state index in [0.29, 0.717) is 12.3 Å². The zero-order valence-electron chi connectivity index (χ0n) is 8.53. The third-order valence-electron chi connectivity index (χ3n) is 1.88. The third-order valence-corrected chi connectivity index (χ3v) is 3.30. The lowest BCUT2D eigenvalue weighted by Crippen LogP contribution is -2.29. The second-order valence-electron chi connectivity index (χ2n) is 3.54. The molecular weight excluding hydrogens is 214 g/mol. The molecule has 1 amide bonds. The summed E-state index contributed by atoms with van der Waals surface area (Å²) in [5.74, 6) is 1.57. The predicted molar refractivity (Wildman–Crippen MR) is 65.4 cm³/mol. The Morgan fingerprint density at radius 2 is 2.43 bits per heavy atom. The van der Waals surface area contributed by atoms with Crippen LogP contribution in [0.4, 0.5) is 0 Å². The maximum atomic E-state index is 11.6. The second kappa shape index (κ2) is 5.51. The van der Waals surface area contributed by atoms with Crippen molar-refractivity contribution in [1.29, 1.82) is 0 Å². The molecule has 0 radical (unpaired) electrons. The molecule has 4 heteroatoms. The number of carbonyl (C=O) groups excluding carboxylic acids is 1. The van der Waals surface area contributed by atoms with Crippen LogP contribution in [0.3, 0.4) is 0 Å². The first-order valence-corrected chi connectivity index (χ1v) is 6.14. The zero-order valence-corrected chi connectivity index (χ0v) is 10.2. The highest BCUT2D eigenvalue weighted by atomic mass is 32.2. The molecule has 1 aliphatic rings. The summed E-state index contributed by atoms with van der Waals surface area (Å²) in [5.41, 5.74) is 0. The van der Waals surface area contributed by atoms with Gasteiger partial charge < -0.3 is 0 Å². The van der Waals surface area contributed by atoms with Gasteiger partial charge in [0.1, 0.15) is 4.32 Å². The lowest BCUT2D eigenvalue weighted by atomic mass is 10.2. The van der Waals surface area contributed by atoms with Crippen molar-refractivity contribution in [2.75, 3.05) is 12.3 Å². The van der Waals surface area contributed by atoms with E-state index in [0.717, 1.165) is 16.6 Å². The number of hydrogen-bond acceptors (Lipinski definition) is 3. The van der Waals surface area contributed by atoms with E-state index in [4.69, 9.17) is 12.2 Å². The minimum Gasteiger partial charge on any atom is -0.297 e. The first-order valence-electron chi connectivity index (χ1n) is 4.75. The van der Waals surface area contributed by atoms with E-state index in [2.05, 4.69) is 13.8 Å². The Balaban J connectivity index is 2.38. The highest BCUT2D eigenvalue weighted by Crippen LogP contribution is 2.18. The summed E-state index contributed by atoms with van der Waals surface area (Å²) in [5, 5.41) is 0. The SMILES string of the molecule is CC(C)/C=C/CC(=O)N1CCSC1=S. The molecular formula is C10H15NOS2. The highest BCUT2D eigenvalue weighted by molar-refractivity contribution is 8.23. The first-order chi connectivity index (χ1) is 6.61. The first kappa shape index (κ1) is 11.7. The van der Waals surface area contributed by atoms with Crippen LogP contribution in [-0.4, -0.2) is 27.4 Å². The predicted octanol–water partition coefficient (Wildman–Crippen LogP) is 2.45. The Morgan fingerprint density at radius 1 is 1.71 bits per heavy atom. The average Bonchev–Trinajstić information content (AvgIpc) is 2.50. The summed E-state index contributed by atoms with van der Waals surface area (Å²) < 4.78 is 0.730. The molecule has 78 valence electrons. The van der Waals surface area contributed by atoms with Crippen LogP contribution < -0.4 is 0 Å². The van der Waals surface area contributed by atoms with Gasteiger partial charge >= 0.3 is 0 Å². The molecule has 0 atom stereocenters. The third kappa shape index (κ3) is 3.42. The summed E-state index contributed by atoms with van der Waals surface area (Å²) in [6, 6.07) is 0. The molecule has 1 aliphatic heterocycles. The number of amides is 1. The number of rotatable bonds is 3. The number of nitrogens with zero attached hydrogens (tertiary/aromatic N) is 1. The fourth-order valence-electron chi connectivity index (χ4n) is 1.17. The molecule has 0 spiro atoms. The van der Waals surface area contributed by atoms with E-state index in [9.17, 15) is 4.79 Å². The number of hydrogen-bond donors (Lipinski definition) is 0. The van der Waals surface area contributed by atoms with Crippen LogP contribution in [0.5, 0.6) is 0 Å². The van der Waals surface area contributed by atoms with E-state index in [-0.39, 0.29) is 5.91 Å². The van der Waals surface area contributed by atoms with Crippen LogP contribution in [0.15, 0.2) is 12.2 Å². The molecule has 0 unspecified atom stereocenters. The van der Waals surface area contributed by atoms with Gasteiger partial charge in [-0.15, -0.1) is 0 Å². The summed E-state index contributed by atoms with van der Waals surface area (Å²) in [7, 11) is 0. The maximum Gasteiger partial charge on any atom is 0.231 e. The molecule has 0 bridgehead atoms. The normalized spacial score (nSPS) is 17.4. The Morgan fingerprint density at radius 3 is 2.93 bits per heavy atom. The Kier molecular flexibility index (Phi) is 4.62. The van der Waals surface area contributed by atoms with Crippen LogP contribution in [0.1, 0.15) is 20.3 Å². The molecule has 0 aromatic heterocycles. The van der Waals surface area contributed by atoms with Crippen molar-refractivity contribution >= 4 is 34.2 Å². The number of thioether (sulfide) groups is 1. The highest BCUT2D eigenvalue weighted by Gasteiger charge is 2.22. The van der Waals surface area contributed by atoms with E-state index in [1.165, 1.54) is 0 Å². The topological polar surface area (TPSA) is 20.3 Å². The van der Waals surface area contributed by atoms with Crippen molar-refractivity contribution in [3.63, 3.8) is 0 Å². The van der Waals surface area contributed by atoms with Gasteiger partial charge in [-0.05, 0) is 5.92 Å². The maximum absolute atomic E-state index is 11.6. The number of carbonyl (C=O) groups is 1. The number of thiocarbonyl (C=S) groups is 1. The van der Waals surface area contributed by atoms with Gasteiger partial charge in [0.2, 0.25) is 5.91 Å². The van der Waals surface area contributed by atoms with Gasteiger partial charge in [0.05, 0.1) is 0 Å². The summed E-state index contributed by atoms with van der Waals surface area (Å²) in [4.78, 5) is 13.3. The minimum absolute atomic E-state index is 0.122. The van der Waals surface area contributed by atoms with E-state index in [1.54, 1.807) is 16.7 Å². The van der Waals surface area contributed by atoms with E-state index < -0.39 is 0 Å². The Hall–Kier alpha value is -0.350. The van der Waals surface area contributed by atoms with Crippen molar-refractivity contribution in [3.8, 4) is 0 Å². The van der Waals surface area contributed by atoms with Crippen LogP contribution in [0.25, 0.3) is 0 Å². The minimum atomic E-state index is 0.122. The van der Waals surface area contributed by atoms with Gasteiger partial charge in [0.15, 0.2) is 0 Å². The van der Waals surface area contributed by atoms with Crippen LogP contribution in [0.2, 0.25) is 0 Å². The largest absolute Gasteiger partial charge is 0.297 e. The number of allylic oxidation sites excluding steroid dienone is 1. The molecule has 0 aliphatic carbocycles. The van der Waals surface area contributed by atoms with Gasteiger partial charge in [-0.25, -0.2) is 0 Å². The molecule has 14 heavy (non-hydrogen) atoms. The molecule has 0 N–H and O–H groups in total. The van der Waals surface area contributed by atoms with Crippen molar-refractivity contribution in [3.05, 3.63) is 12.2 Å². The second-order valence-corrected chi connectivity index (χ2v) is 5.26. The van der Waals surface area contributed by atoms with Crippen molar-refractivity contribution in [2.24, 2.45) is 5.92 Å². The van der Waals surface area contributed by atoms with Crippen molar-refractivity contribution in [1.82, 2.24) is 4.90 Å². The van der Waals surface area contributed by atoms with Crippen LogP contribution in [0, 0.1) is 5.92 Å². The van der Waals surface area contributed by atoms with E-state index in [1.807, 2.05) is 12.2 Å². The van der Waals surface area contributed by atoms with Gasteiger partial charge in [-0.2, -0.15) is 0 Å². The average molecular weight is 229 g/mol. The van der Waals surface area contributed by atoms with Crippen LogP contribution in [-0.2, 0) is 4.79 Å². The van der Waals surface area contributed by atoms with E-state index >= 15 is 0 Å². The molecule has 1 heterocycles. The Labute approximate surface area is 94.7 Å². The monoisotopic (exact) mass is 229 g/mol. The smallest absolute Gasteiger partial charge is 0.231 e. The molecule has 1 fully saturated rings. The van der Waals surface area contributed by atoms with Crippen molar-refractivity contribution < 1.29 is 4.79 Å². The fourth-order valence-corrected chi connectivity index (χ4v) is 2.41. The van der Waals surface area contributed by atoms with Gasteiger partial charge in [0, 0.05) is 18.7 Å². The molecule has 0 aromatic carbocycles. The lowest BCUT2D eigenvalue weighted by molar-refractivity contribution is -0.125. The van der Waals surface area contributed by atoms with Gasteiger partial charge in [0.25, 0.3) is 0 Å². The van der Waals surface area contributed by atoms with Crippen LogP contribution >= 0.6 is 24.0 Å². The van der Waals surface area contributed by atoms with Gasteiger partial charge in [-0.3, -0.25) is 9.69 Å². The molecule has 0 aromatic rings. The summed E-state index contributed by atoms with van der Waals surface area (Å²) >= 11 is 6.65. The summed E-state index contributed by atoms with van der Waals surface area (Å²) in [6.45, 7) is 4.96. The molecule has 1 rings (SSSR count). The summed E-state index contributed by atoms with van der Waals surface area (Å²) in [6.07, 6.45) is 4.45. The fraction of sp³-hybridized carbons (Fsp3) is 0.600. The standard InChI is InChI=1S/C10H15NOS2/c1-8(2)4-3-5-9(12)11-6-7-14-10(11)13/h3-4,8H,5-7H2,1-2H3/b4-3+. The lowest BCUT2D eigenvalue weighted by Gasteiger charge is -2.12. The zero-order chi connectivity index (χ0) is 10.6. The van der Waals surface area contributed by atoms with Crippen molar-refractivity contribution in [2.45, 2.75) is 20.3 Å².